The molecule has 3 aromatic carbocycles. The Labute approximate surface area is 352 Å². The summed E-state index contributed by atoms with van der Waals surface area (Å²) in [5.41, 5.74) is 4.76. The number of rotatable bonds is 13. The molecular formula is C46H60N8O6. The number of imidazole rings is 2. The number of H-pyrrole nitrogens is 2. The fourth-order valence-corrected chi connectivity index (χ4v) is 7.31. The minimum atomic E-state index is -1.16. The van der Waals surface area contributed by atoms with Crippen molar-refractivity contribution in [2.24, 2.45) is 22.7 Å². The quantitative estimate of drug-likeness (QED) is 0.0679. The molecule has 0 radical (unpaired) electrons. The van der Waals surface area contributed by atoms with Gasteiger partial charge >= 0.3 is 12.2 Å². The highest BCUT2D eigenvalue weighted by molar-refractivity contribution is 5.91. The Bertz CT molecular complexity index is 2310. The van der Waals surface area contributed by atoms with E-state index in [4.69, 9.17) is 4.74 Å². The molecule has 2 heterocycles. The molecule has 5 rings (SSSR count). The summed E-state index contributed by atoms with van der Waals surface area (Å²) < 4.78 is 4.74. The number of hydrogen-bond acceptors (Lipinski definition) is 7. The number of amides is 4. The zero-order valence-corrected chi connectivity index (χ0v) is 36.7. The number of alkyl carbamates (subject to hydrolysis) is 1. The van der Waals surface area contributed by atoms with Gasteiger partial charge in [0.15, 0.2) is 0 Å². The van der Waals surface area contributed by atoms with Crippen molar-refractivity contribution in [3.8, 4) is 33.6 Å². The number of fused-ring (bicyclic) bond motifs is 1. The number of carbonyl (C=O) groups is 4. The number of aromatic amines is 2. The van der Waals surface area contributed by atoms with Gasteiger partial charge in [0.2, 0.25) is 11.8 Å². The highest BCUT2D eigenvalue weighted by Crippen LogP contribution is 2.35. The third kappa shape index (κ3) is 10.3. The number of aromatic nitrogens is 4. The van der Waals surface area contributed by atoms with Crippen LogP contribution in [0.25, 0.3) is 44.4 Å². The summed E-state index contributed by atoms with van der Waals surface area (Å²) in [5.74, 6) is 0.103. The van der Waals surface area contributed by atoms with Crippen LogP contribution in [0.5, 0.6) is 0 Å². The number of ether oxygens (including phenoxy) is 1. The Morgan fingerprint density at radius 3 is 1.57 bits per heavy atom. The molecule has 0 unspecified atom stereocenters. The van der Waals surface area contributed by atoms with Gasteiger partial charge in [0.1, 0.15) is 23.7 Å². The summed E-state index contributed by atoms with van der Waals surface area (Å²) in [7, 11) is 2.68. The Kier molecular flexibility index (Phi) is 13.5. The molecule has 14 heteroatoms. The number of nitrogens with zero attached hydrogens (tertiary/aromatic N) is 3. The second-order valence-electron chi connectivity index (χ2n) is 18.3. The lowest BCUT2D eigenvalue weighted by molar-refractivity contribution is -0.128. The molecule has 5 aromatic rings. The molecule has 0 aliphatic heterocycles. The van der Waals surface area contributed by atoms with Gasteiger partial charge in [-0.25, -0.2) is 19.6 Å². The van der Waals surface area contributed by atoms with E-state index < -0.39 is 47.2 Å². The van der Waals surface area contributed by atoms with Crippen LogP contribution in [-0.4, -0.2) is 80.2 Å². The van der Waals surface area contributed by atoms with Crippen LogP contribution in [-0.2, 0) is 14.3 Å². The lowest BCUT2D eigenvalue weighted by atomic mass is 9.85. The first-order valence-electron chi connectivity index (χ1n) is 20.2. The summed E-state index contributed by atoms with van der Waals surface area (Å²) in [6.07, 6.45) is 1.69. The van der Waals surface area contributed by atoms with Crippen LogP contribution in [0.15, 0.2) is 73.1 Å². The predicted molar refractivity (Wildman–Crippen MR) is 234 cm³/mol. The van der Waals surface area contributed by atoms with E-state index >= 15 is 0 Å². The van der Waals surface area contributed by atoms with Crippen LogP contribution in [0, 0.1) is 22.7 Å². The van der Waals surface area contributed by atoms with Gasteiger partial charge in [-0.1, -0.05) is 118 Å². The summed E-state index contributed by atoms with van der Waals surface area (Å²) in [6.45, 7) is 19.4. The molecule has 4 atom stereocenters. The average Bonchev–Trinajstić information content (AvgIpc) is 3.87. The van der Waals surface area contributed by atoms with E-state index in [9.17, 15) is 24.3 Å². The second kappa shape index (κ2) is 18.0. The van der Waals surface area contributed by atoms with Crippen molar-refractivity contribution in [3.63, 3.8) is 0 Å². The zero-order valence-electron chi connectivity index (χ0n) is 36.7. The van der Waals surface area contributed by atoms with Crippen molar-refractivity contribution in [1.29, 1.82) is 0 Å². The van der Waals surface area contributed by atoms with Gasteiger partial charge < -0.3 is 35.8 Å². The standard InChI is InChI=1S/C46H60N8O6/c1-25(2)35(51-43(57)60-12)41(55)52-37(45(5,6)7)39-48-24-34(50-39)32-20-19-30-21-29(17-18-31(30)22-32)27-13-15-28(16-14-27)33-23-47-40(49-33)38(46(8,9)10)53-42(56)36(26(3)4)54(11)44(58)59/h13-26,35-38H,1-12H3,(H,47,49)(H,48,50)(H,51,57)(H,52,55)(H,53,56)(H,58,59)/t35-,36-,37-,38-/m1/s1. The Morgan fingerprint density at radius 2 is 1.10 bits per heavy atom. The van der Waals surface area contributed by atoms with Crippen molar-refractivity contribution in [2.45, 2.75) is 93.4 Å². The zero-order chi connectivity index (χ0) is 44.3. The fraction of sp³-hybridized carbons (Fsp3) is 0.435. The molecular weight excluding hydrogens is 761 g/mol. The van der Waals surface area contributed by atoms with Gasteiger partial charge in [0, 0.05) is 12.6 Å². The predicted octanol–water partition coefficient (Wildman–Crippen LogP) is 8.71. The maximum Gasteiger partial charge on any atom is 0.407 e. The molecule has 0 fully saturated rings. The number of hydrogen-bond donors (Lipinski definition) is 6. The van der Waals surface area contributed by atoms with E-state index in [-0.39, 0.29) is 23.7 Å². The minimum absolute atomic E-state index is 0.165. The molecule has 2 aromatic heterocycles. The largest absolute Gasteiger partial charge is 0.465 e. The smallest absolute Gasteiger partial charge is 0.407 e. The normalized spacial score (nSPS) is 14.0. The third-order valence-electron chi connectivity index (χ3n) is 10.8. The van der Waals surface area contributed by atoms with Crippen LogP contribution in [0.3, 0.4) is 0 Å². The number of carbonyl (C=O) groups excluding carboxylic acids is 3. The molecule has 0 aliphatic rings. The van der Waals surface area contributed by atoms with Crippen LogP contribution >= 0.6 is 0 Å². The van der Waals surface area contributed by atoms with Crippen LogP contribution in [0.4, 0.5) is 9.59 Å². The number of carboxylic acid groups (broad SMARTS) is 1. The number of nitrogens with one attached hydrogen (secondary N) is 5. The lowest BCUT2D eigenvalue weighted by Gasteiger charge is -2.34. The molecule has 6 N–H and O–H groups in total. The molecule has 0 saturated heterocycles. The molecule has 60 heavy (non-hydrogen) atoms. The van der Waals surface area contributed by atoms with Gasteiger partial charge in [-0.3, -0.25) is 14.5 Å². The maximum absolute atomic E-state index is 13.4. The summed E-state index contributed by atoms with van der Waals surface area (Å²) in [6, 6.07) is 18.2. The number of benzene rings is 3. The average molecular weight is 821 g/mol. The van der Waals surface area contributed by atoms with Crippen molar-refractivity contribution in [3.05, 3.63) is 84.7 Å². The van der Waals surface area contributed by atoms with Gasteiger partial charge in [-0.15, -0.1) is 0 Å². The van der Waals surface area contributed by atoms with Crippen molar-refractivity contribution in [2.75, 3.05) is 14.2 Å². The topological polar surface area (TPSA) is 194 Å². The van der Waals surface area contributed by atoms with Crippen LogP contribution in [0.2, 0.25) is 0 Å². The minimum Gasteiger partial charge on any atom is -0.465 e. The first-order chi connectivity index (χ1) is 28.1. The molecule has 0 saturated carbocycles. The first-order valence-corrected chi connectivity index (χ1v) is 20.2. The summed E-state index contributed by atoms with van der Waals surface area (Å²) in [4.78, 5) is 67.7. The van der Waals surface area contributed by atoms with Crippen molar-refractivity contribution < 1.29 is 29.0 Å². The van der Waals surface area contributed by atoms with Gasteiger partial charge in [0.25, 0.3) is 0 Å². The highest BCUT2D eigenvalue weighted by Gasteiger charge is 2.37. The van der Waals surface area contributed by atoms with E-state index in [0.29, 0.717) is 11.6 Å². The molecule has 0 spiro atoms. The molecule has 4 amide bonds. The second-order valence-corrected chi connectivity index (χ2v) is 18.3. The lowest BCUT2D eigenvalue weighted by Crippen LogP contribution is -2.52. The van der Waals surface area contributed by atoms with Gasteiger partial charge in [0.05, 0.1) is 43.0 Å². The molecule has 14 nitrogen and oxygen atoms in total. The maximum atomic E-state index is 13.4. The van der Waals surface area contributed by atoms with Crippen LogP contribution < -0.4 is 16.0 Å². The Hall–Kier alpha value is -6.18. The Morgan fingerprint density at radius 1 is 0.650 bits per heavy atom. The summed E-state index contributed by atoms with van der Waals surface area (Å²) in [5, 5.41) is 20.5. The number of likely N-dealkylation sites (N-methyl/N-ethyl adjacent to an activating group) is 1. The fourth-order valence-electron chi connectivity index (χ4n) is 7.31. The van der Waals surface area contributed by atoms with E-state index in [2.05, 4.69) is 78.4 Å². The van der Waals surface area contributed by atoms with Gasteiger partial charge in [-0.2, -0.15) is 0 Å². The third-order valence-corrected chi connectivity index (χ3v) is 10.8. The van der Waals surface area contributed by atoms with E-state index in [1.165, 1.54) is 14.2 Å². The van der Waals surface area contributed by atoms with Crippen LogP contribution in [0.1, 0.15) is 93.0 Å². The first kappa shape index (κ1) is 44.9. The molecule has 0 aliphatic carbocycles. The monoisotopic (exact) mass is 820 g/mol. The van der Waals surface area contributed by atoms with E-state index in [1.54, 1.807) is 12.4 Å². The van der Waals surface area contributed by atoms with E-state index in [0.717, 1.165) is 49.3 Å². The van der Waals surface area contributed by atoms with E-state index in [1.807, 2.05) is 87.4 Å². The Balaban J connectivity index is 1.32. The number of methoxy groups -OCH3 is 1. The van der Waals surface area contributed by atoms with Crippen molar-refractivity contribution >= 4 is 34.8 Å². The highest BCUT2D eigenvalue weighted by atomic mass is 16.5. The summed E-state index contributed by atoms with van der Waals surface area (Å²) >= 11 is 0. The molecule has 0 bridgehead atoms. The molecule has 320 valence electrons. The van der Waals surface area contributed by atoms with Gasteiger partial charge in [-0.05, 0) is 62.3 Å². The SMILES string of the molecule is COC(=O)N[C@@H](C(=O)N[C@H](c1ncc(-c2ccc3cc(-c4ccc(-c5cnc([C@@H](NC(=O)[C@@H](C(C)C)N(C)C(=O)O)C(C)(C)C)[nH]5)cc4)ccc3c2)[nH]1)C(C)(C)C)C(C)C. The van der Waals surface area contributed by atoms with Crippen molar-refractivity contribution in [1.82, 2.24) is 40.8 Å².